The van der Waals surface area contributed by atoms with Crippen LogP contribution in [0.5, 0.6) is 0 Å². The van der Waals surface area contributed by atoms with Crippen LogP contribution >= 0.6 is 0 Å². The second kappa shape index (κ2) is 14.8. The minimum absolute atomic E-state index is 0.0497. The van der Waals surface area contributed by atoms with E-state index in [9.17, 15) is 24.6 Å². The van der Waals surface area contributed by atoms with Gasteiger partial charge >= 0.3 is 0 Å². The number of nitrogens with one attached hydrogen (secondary N) is 2. The standard InChI is InChI=1S/C37H64N4O5/c1-6-7-8-9-33(44)38-23-34(45)39-29(20-24(2)3)35(46)41-18-16-40(17-19-41)30-22-37(5)25(21-31(30)42)10-11-26-27-12-13-32(43)36(27,4)15-14-28(26)37/h24-32,42-43H,6-23H2,1-5H3,(H,38,44)(H,39,45)/t25-,26-,27-,28-,29-,30-,31-,32-,36-,37-/m0/s1. The highest BCUT2D eigenvalue weighted by atomic mass is 16.3. The van der Waals surface area contributed by atoms with Gasteiger partial charge in [-0.25, -0.2) is 0 Å². The summed E-state index contributed by atoms with van der Waals surface area (Å²) in [6.07, 6.45) is 12.1. The number of aliphatic hydroxyl groups excluding tert-OH is 2. The maximum atomic E-state index is 13.7. The van der Waals surface area contributed by atoms with Crippen LogP contribution in [0.2, 0.25) is 0 Å². The third-order valence-electron chi connectivity index (χ3n) is 13.5. The number of carbonyl (C=O) groups is 3. The molecule has 5 rings (SSSR count). The van der Waals surface area contributed by atoms with Crippen molar-refractivity contribution in [1.82, 2.24) is 20.4 Å². The monoisotopic (exact) mass is 644 g/mol. The van der Waals surface area contributed by atoms with Crippen molar-refractivity contribution in [3.63, 3.8) is 0 Å². The average molecular weight is 645 g/mol. The van der Waals surface area contributed by atoms with E-state index >= 15 is 0 Å². The average Bonchev–Trinajstić information content (AvgIpc) is 3.33. The van der Waals surface area contributed by atoms with E-state index in [0.717, 1.165) is 64.5 Å². The number of hydrogen-bond donors (Lipinski definition) is 4. The fourth-order valence-electron chi connectivity index (χ4n) is 10.9. The molecule has 0 aromatic rings. The fourth-order valence-corrected chi connectivity index (χ4v) is 10.9. The van der Waals surface area contributed by atoms with E-state index in [4.69, 9.17) is 0 Å². The molecule has 0 bridgehead atoms. The van der Waals surface area contributed by atoms with Crippen LogP contribution in [0.4, 0.5) is 0 Å². The Hall–Kier alpha value is -1.71. The van der Waals surface area contributed by atoms with Crippen LogP contribution in [0.15, 0.2) is 0 Å². The summed E-state index contributed by atoms with van der Waals surface area (Å²) >= 11 is 0. The summed E-state index contributed by atoms with van der Waals surface area (Å²) in [6.45, 7) is 13.6. The van der Waals surface area contributed by atoms with Crippen LogP contribution in [0, 0.1) is 40.4 Å². The molecule has 0 aromatic carbocycles. The van der Waals surface area contributed by atoms with Crippen molar-refractivity contribution in [1.29, 1.82) is 0 Å². The lowest BCUT2D eigenvalue weighted by Crippen LogP contribution is -2.63. The zero-order valence-electron chi connectivity index (χ0n) is 29.4. The summed E-state index contributed by atoms with van der Waals surface area (Å²) < 4.78 is 0. The summed E-state index contributed by atoms with van der Waals surface area (Å²) in [4.78, 5) is 42.9. The van der Waals surface area contributed by atoms with Gasteiger partial charge in [-0.3, -0.25) is 19.3 Å². The highest BCUT2D eigenvalue weighted by Gasteiger charge is 2.61. The molecule has 0 radical (unpaired) electrons. The zero-order valence-corrected chi connectivity index (χ0v) is 29.4. The Bertz CT molecular complexity index is 1080. The third-order valence-corrected chi connectivity index (χ3v) is 13.5. The molecular weight excluding hydrogens is 580 g/mol. The van der Waals surface area contributed by atoms with Crippen LogP contribution in [-0.2, 0) is 14.4 Å². The molecule has 0 spiro atoms. The van der Waals surface area contributed by atoms with Gasteiger partial charge < -0.3 is 25.7 Å². The van der Waals surface area contributed by atoms with Crippen molar-refractivity contribution in [2.24, 2.45) is 40.4 Å². The largest absolute Gasteiger partial charge is 0.393 e. The molecule has 9 nitrogen and oxygen atoms in total. The fraction of sp³-hybridized carbons (Fsp3) is 0.919. The number of aliphatic hydroxyl groups is 2. The zero-order chi connectivity index (χ0) is 33.2. The van der Waals surface area contributed by atoms with Gasteiger partial charge in [-0.1, -0.05) is 47.5 Å². The number of hydrogen-bond acceptors (Lipinski definition) is 6. The molecule has 4 aliphatic carbocycles. The summed E-state index contributed by atoms with van der Waals surface area (Å²) in [5.74, 6) is 2.26. The molecule has 9 heteroatoms. The Morgan fingerprint density at radius 1 is 0.891 bits per heavy atom. The quantitative estimate of drug-likeness (QED) is 0.251. The Labute approximate surface area is 278 Å². The number of piperazine rings is 1. The molecule has 1 heterocycles. The second-order valence-corrected chi connectivity index (χ2v) is 16.7. The number of nitrogens with zero attached hydrogens (tertiary/aromatic N) is 2. The third kappa shape index (κ3) is 7.31. The van der Waals surface area contributed by atoms with E-state index in [0.29, 0.717) is 49.6 Å². The number of rotatable bonds is 11. The lowest BCUT2D eigenvalue weighted by Gasteiger charge is -2.62. The summed E-state index contributed by atoms with van der Waals surface area (Å²) in [5.41, 5.74) is 0.280. The lowest BCUT2D eigenvalue weighted by molar-refractivity contribution is -0.157. The number of amides is 3. The predicted molar refractivity (Wildman–Crippen MR) is 180 cm³/mol. The van der Waals surface area contributed by atoms with Gasteiger partial charge in [0, 0.05) is 38.6 Å². The number of carbonyl (C=O) groups excluding carboxylic acids is 3. The number of fused-ring (bicyclic) bond motifs is 5. The normalized spacial score (nSPS) is 38.4. The van der Waals surface area contributed by atoms with Gasteiger partial charge in [-0.15, -0.1) is 0 Å². The molecule has 10 atom stereocenters. The van der Waals surface area contributed by atoms with E-state index < -0.39 is 6.04 Å². The van der Waals surface area contributed by atoms with Crippen LogP contribution < -0.4 is 10.6 Å². The molecule has 1 saturated heterocycles. The topological polar surface area (TPSA) is 122 Å². The Morgan fingerprint density at radius 3 is 2.30 bits per heavy atom. The first-order valence-electron chi connectivity index (χ1n) is 18.8. The molecule has 3 amide bonds. The van der Waals surface area contributed by atoms with Crippen molar-refractivity contribution < 1.29 is 24.6 Å². The summed E-state index contributed by atoms with van der Waals surface area (Å²) in [6, 6.07) is -0.506. The van der Waals surface area contributed by atoms with Crippen LogP contribution in [0.25, 0.3) is 0 Å². The molecule has 1 aliphatic heterocycles. The van der Waals surface area contributed by atoms with Crippen LogP contribution in [-0.4, -0.2) is 94.7 Å². The van der Waals surface area contributed by atoms with E-state index in [1.807, 2.05) is 4.90 Å². The minimum Gasteiger partial charge on any atom is -0.393 e. The smallest absolute Gasteiger partial charge is 0.245 e. The molecule has 5 fully saturated rings. The van der Waals surface area contributed by atoms with Gasteiger partial charge in [0.05, 0.1) is 18.8 Å². The molecule has 262 valence electrons. The first-order valence-corrected chi connectivity index (χ1v) is 18.8. The van der Waals surface area contributed by atoms with E-state index in [2.05, 4.69) is 50.2 Å². The molecule has 4 N–H and O–H groups in total. The van der Waals surface area contributed by atoms with E-state index in [1.165, 1.54) is 19.3 Å². The van der Waals surface area contributed by atoms with Gasteiger partial charge in [0.2, 0.25) is 17.7 Å². The Morgan fingerprint density at radius 2 is 1.61 bits per heavy atom. The first-order chi connectivity index (χ1) is 21.9. The summed E-state index contributed by atoms with van der Waals surface area (Å²) in [7, 11) is 0. The molecule has 46 heavy (non-hydrogen) atoms. The molecule has 0 unspecified atom stereocenters. The SMILES string of the molecule is CCCCCC(=O)NCC(=O)N[C@@H](CC(C)C)C(=O)N1CCN([C@H]2C[C@@]3(C)[C@@H](CC[C@@H]4[C@@H]3CC[C@]3(C)[C@@H](O)CC[C@@H]43)C[C@@H]2O)CC1. The minimum atomic E-state index is -0.610. The predicted octanol–water partition coefficient (Wildman–Crippen LogP) is 4.10. The Kier molecular flexibility index (Phi) is 11.5. The molecule has 4 saturated carbocycles. The first kappa shape index (κ1) is 35.6. The van der Waals surface area contributed by atoms with E-state index in [-0.39, 0.29) is 59.3 Å². The summed E-state index contributed by atoms with van der Waals surface area (Å²) in [5, 5.41) is 28.0. The highest BCUT2D eigenvalue weighted by molar-refractivity contribution is 5.90. The molecule has 5 aliphatic rings. The highest BCUT2D eigenvalue weighted by Crippen LogP contribution is 2.66. The van der Waals surface area contributed by atoms with Gasteiger partial charge in [-0.2, -0.15) is 0 Å². The van der Waals surface area contributed by atoms with Gasteiger partial charge in [0.25, 0.3) is 0 Å². The second-order valence-electron chi connectivity index (χ2n) is 16.7. The Balaban J connectivity index is 1.16. The van der Waals surface area contributed by atoms with Crippen LogP contribution in [0.3, 0.4) is 0 Å². The van der Waals surface area contributed by atoms with Crippen LogP contribution in [0.1, 0.15) is 118 Å². The van der Waals surface area contributed by atoms with Crippen molar-refractivity contribution in [3.8, 4) is 0 Å². The van der Waals surface area contributed by atoms with Crippen molar-refractivity contribution in [2.75, 3.05) is 32.7 Å². The van der Waals surface area contributed by atoms with Gasteiger partial charge in [0.15, 0.2) is 0 Å². The number of unbranched alkanes of at least 4 members (excludes halogenated alkanes) is 2. The van der Waals surface area contributed by atoms with Crippen molar-refractivity contribution in [3.05, 3.63) is 0 Å². The van der Waals surface area contributed by atoms with Gasteiger partial charge in [-0.05, 0) is 105 Å². The van der Waals surface area contributed by atoms with Crippen molar-refractivity contribution >= 4 is 17.7 Å². The molecular formula is C37H64N4O5. The maximum absolute atomic E-state index is 13.7. The van der Waals surface area contributed by atoms with E-state index in [1.54, 1.807) is 0 Å². The van der Waals surface area contributed by atoms with Gasteiger partial charge in [0.1, 0.15) is 6.04 Å². The maximum Gasteiger partial charge on any atom is 0.245 e. The lowest BCUT2D eigenvalue weighted by atomic mass is 9.44. The van der Waals surface area contributed by atoms with Crippen molar-refractivity contribution in [2.45, 2.75) is 142 Å². The molecule has 0 aromatic heterocycles.